The van der Waals surface area contributed by atoms with Crippen molar-refractivity contribution in [1.29, 1.82) is 0 Å². The van der Waals surface area contributed by atoms with Crippen molar-refractivity contribution in [3.05, 3.63) is 26.6 Å². The SMILES string of the molecule is Nc1cccc2sc(I)c(C(F)F)c12. The standard InChI is InChI=1S/C9H6F2INS/c10-8(11)7-6-4(13)2-1-3-5(6)14-9(7)12/h1-3,8H,13H2. The van der Waals surface area contributed by atoms with Crippen LogP contribution in [0, 0.1) is 2.88 Å². The van der Waals surface area contributed by atoms with Gasteiger partial charge < -0.3 is 5.73 Å². The van der Waals surface area contributed by atoms with Gasteiger partial charge in [-0.05, 0) is 34.7 Å². The third-order valence-corrected chi connectivity index (χ3v) is 4.16. The van der Waals surface area contributed by atoms with E-state index in [1.165, 1.54) is 11.3 Å². The van der Waals surface area contributed by atoms with Gasteiger partial charge in [0, 0.05) is 15.8 Å². The molecular weight excluding hydrogens is 319 g/mol. The molecule has 2 N–H and O–H groups in total. The summed E-state index contributed by atoms with van der Waals surface area (Å²) in [6.45, 7) is 0. The van der Waals surface area contributed by atoms with Gasteiger partial charge in [0.1, 0.15) is 0 Å². The number of nitrogen functional groups attached to an aromatic ring is 1. The van der Waals surface area contributed by atoms with E-state index in [1.807, 2.05) is 28.7 Å². The molecule has 1 aromatic heterocycles. The highest BCUT2D eigenvalue weighted by atomic mass is 127. The van der Waals surface area contributed by atoms with Gasteiger partial charge in [0.15, 0.2) is 0 Å². The van der Waals surface area contributed by atoms with E-state index in [0.717, 1.165) is 4.70 Å². The Hall–Kier alpha value is -0.430. The van der Waals surface area contributed by atoms with Crippen LogP contribution in [0.3, 0.4) is 0 Å². The molecule has 0 spiro atoms. The Morgan fingerprint density at radius 1 is 1.36 bits per heavy atom. The number of anilines is 1. The van der Waals surface area contributed by atoms with Crippen molar-refractivity contribution in [3.8, 4) is 0 Å². The molecule has 0 aliphatic rings. The van der Waals surface area contributed by atoms with Crippen molar-refractivity contribution in [2.24, 2.45) is 0 Å². The van der Waals surface area contributed by atoms with E-state index in [1.54, 1.807) is 12.1 Å². The van der Waals surface area contributed by atoms with Crippen LogP contribution in [-0.4, -0.2) is 0 Å². The summed E-state index contributed by atoms with van der Waals surface area (Å²) >= 11 is 3.28. The monoisotopic (exact) mass is 325 g/mol. The maximum atomic E-state index is 12.7. The van der Waals surface area contributed by atoms with E-state index in [4.69, 9.17) is 5.73 Å². The zero-order chi connectivity index (χ0) is 10.3. The average molecular weight is 325 g/mol. The fourth-order valence-electron chi connectivity index (χ4n) is 1.37. The molecule has 0 amide bonds. The summed E-state index contributed by atoms with van der Waals surface area (Å²) in [5.41, 5.74) is 6.18. The third kappa shape index (κ3) is 1.48. The van der Waals surface area contributed by atoms with E-state index in [2.05, 4.69) is 0 Å². The second-order valence-corrected chi connectivity index (χ2v) is 5.67. The zero-order valence-electron chi connectivity index (χ0n) is 6.93. The molecule has 0 bridgehead atoms. The molecule has 5 heteroatoms. The van der Waals surface area contributed by atoms with Crippen molar-refractivity contribution < 1.29 is 8.78 Å². The molecule has 1 nitrogen and oxygen atoms in total. The molecule has 0 aliphatic heterocycles. The van der Waals surface area contributed by atoms with Gasteiger partial charge in [-0.3, -0.25) is 0 Å². The number of alkyl halides is 2. The van der Waals surface area contributed by atoms with Crippen LogP contribution in [0.1, 0.15) is 12.0 Å². The minimum Gasteiger partial charge on any atom is -0.398 e. The zero-order valence-corrected chi connectivity index (χ0v) is 9.90. The summed E-state index contributed by atoms with van der Waals surface area (Å²) in [5.74, 6) is 0. The lowest BCUT2D eigenvalue weighted by Crippen LogP contribution is -1.89. The molecule has 0 aliphatic carbocycles. The number of benzene rings is 1. The summed E-state index contributed by atoms with van der Waals surface area (Å²) < 4.78 is 26.9. The van der Waals surface area contributed by atoms with Gasteiger partial charge in [0.25, 0.3) is 6.43 Å². The third-order valence-electron chi connectivity index (χ3n) is 1.96. The van der Waals surface area contributed by atoms with Gasteiger partial charge in [-0.2, -0.15) is 0 Å². The molecule has 2 rings (SSSR count). The highest BCUT2D eigenvalue weighted by molar-refractivity contribution is 14.1. The van der Waals surface area contributed by atoms with E-state index < -0.39 is 6.43 Å². The van der Waals surface area contributed by atoms with Crippen LogP contribution in [0.25, 0.3) is 10.1 Å². The van der Waals surface area contributed by atoms with Crippen LogP contribution in [0.2, 0.25) is 0 Å². The van der Waals surface area contributed by atoms with Gasteiger partial charge >= 0.3 is 0 Å². The molecule has 0 radical (unpaired) electrons. The fraction of sp³-hybridized carbons (Fsp3) is 0.111. The molecule has 1 heterocycles. The predicted octanol–water partition coefficient (Wildman–Crippen LogP) is 4.03. The summed E-state index contributed by atoms with van der Waals surface area (Å²) in [6.07, 6.45) is -2.46. The molecule has 14 heavy (non-hydrogen) atoms. The Morgan fingerprint density at radius 2 is 2.07 bits per heavy atom. The first-order chi connectivity index (χ1) is 6.61. The van der Waals surface area contributed by atoms with Crippen LogP contribution >= 0.6 is 33.9 Å². The Balaban J connectivity index is 2.86. The number of fused-ring (bicyclic) bond motifs is 1. The Bertz CT molecular complexity index is 481. The van der Waals surface area contributed by atoms with Crippen LogP contribution in [0.5, 0.6) is 0 Å². The second-order valence-electron chi connectivity index (χ2n) is 2.81. The van der Waals surface area contributed by atoms with Gasteiger partial charge in [-0.1, -0.05) is 6.07 Å². The maximum absolute atomic E-state index is 12.7. The van der Waals surface area contributed by atoms with E-state index >= 15 is 0 Å². The Labute approximate surface area is 97.1 Å². The van der Waals surface area contributed by atoms with Gasteiger partial charge in [-0.15, -0.1) is 11.3 Å². The van der Waals surface area contributed by atoms with Gasteiger partial charge in [0.2, 0.25) is 0 Å². The summed E-state index contributed by atoms with van der Waals surface area (Å²) in [7, 11) is 0. The molecule has 1 aromatic carbocycles. The lowest BCUT2D eigenvalue weighted by Gasteiger charge is -2.00. The molecule has 0 saturated carbocycles. The van der Waals surface area contributed by atoms with Gasteiger partial charge in [-0.25, -0.2) is 8.78 Å². The highest BCUT2D eigenvalue weighted by Crippen LogP contribution is 2.40. The number of halogens is 3. The fourth-order valence-corrected chi connectivity index (χ4v) is 3.55. The first-order valence-electron chi connectivity index (χ1n) is 3.86. The van der Waals surface area contributed by atoms with E-state index in [0.29, 0.717) is 14.0 Å². The first kappa shape index (κ1) is 10.1. The van der Waals surface area contributed by atoms with Crippen molar-refractivity contribution >= 4 is 49.7 Å². The number of hydrogen-bond donors (Lipinski definition) is 1. The molecular formula is C9H6F2INS. The quantitative estimate of drug-likeness (QED) is 0.622. The minimum absolute atomic E-state index is 0.0729. The van der Waals surface area contributed by atoms with Gasteiger partial charge in [0.05, 0.1) is 8.45 Å². The molecule has 0 saturated heterocycles. The van der Waals surface area contributed by atoms with Crippen molar-refractivity contribution in [2.75, 3.05) is 5.73 Å². The van der Waals surface area contributed by atoms with E-state index in [-0.39, 0.29) is 5.56 Å². The summed E-state index contributed by atoms with van der Waals surface area (Å²) in [4.78, 5) is 0. The minimum atomic E-state index is -2.46. The lowest BCUT2D eigenvalue weighted by molar-refractivity contribution is 0.153. The van der Waals surface area contributed by atoms with Crippen LogP contribution in [0.15, 0.2) is 18.2 Å². The van der Waals surface area contributed by atoms with Crippen molar-refractivity contribution in [1.82, 2.24) is 0 Å². The number of hydrogen-bond acceptors (Lipinski definition) is 2. The molecule has 0 fully saturated rings. The first-order valence-corrected chi connectivity index (χ1v) is 5.75. The maximum Gasteiger partial charge on any atom is 0.266 e. The van der Waals surface area contributed by atoms with Crippen molar-refractivity contribution in [3.63, 3.8) is 0 Å². The highest BCUT2D eigenvalue weighted by Gasteiger charge is 2.19. The average Bonchev–Trinajstić information content (AvgIpc) is 2.42. The van der Waals surface area contributed by atoms with Crippen molar-refractivity contribution in [2.45, 2.75) is 6.43 Å². The Morgan fingerprint density at radius 3 is 2.71 bits per heavy atom. The van der Waals surface area contributed by atoms with E-state index in [9.17, 15) is 8.78 Å². The summed E-state index contributed by atoms with van der Waals surface area (Å²) in [6, 6.07) is 5.24. The van der Waals surface area contributed by atoms with Crippen LogP contribution in [-0.2, 0) is 0 Å². The lowest BCUT2D eigenvalue weighted by atomic mass is 10.1. The molecule has 0 unspecified atom stereocenters. The summed E-state index contributed by atoms with van der Waals surface area (Å²) in [5, 5.41) is 0.511. The smallest absolute Gasteiger partial charge is 0.266 e. The molecule has 74 valence electrons. The van der Waals surface area contributed by atoms with Crippen LogP contribution < -0.4 is 5.73 Å². The van der Waals surface area contributed by atoms with Crippen LogP contribution in [0.4, 0.5) is 14.5 Å². The topological polar surface area (TPSA) is 26.0 Å². The number of thiophene rings is 1. The Kier molecular flexibility index (Phi) is 2.61. The second kappa shape index (κ2) is 3.62. The predicted molar refractivity (Wildman–Crippen MR) is 63.9 cm³/mol. The number of rotatable bonds is 1. The normalized spacial score (nSPS) is 11.4. The largest absolute Gasteiger partial charge is 0.398 e. The molecule has 0 atom stereocenters. The number of nitrogens with two attached hydrogens (primary N) is 1. The molecule has 2 aromatic rings.